The molecule has 2 N–H and O–H groups in total. The van der Waals surface area contributed by atoms with Crippen LogP contribution in [0, 0.1) is 0 Å². The number of fused-ring (bicyclic) bond motifs is 1. The molecular weight excluding hydrogens is 256 g/mol. The zero-order valence-corrected chi connectivity index (χ0v) is 11.0. The summed E-state index contributed by atoms with van der Waals surface area (Å²) < 4.78 is 0. The van der Waals surface area contributed by atoms with E-state index in [1.165, 1.54) is 0 Å². The second-order valence-corrected chi connectivity index (χ2v) is 5.14. The van der Waals surface area contributed by atoms with E-state index in [1.807, 2.05) is 18.2 Å². The van der Waals surface area contributed by atoms with Crippen LogP contribution in [0.3, 0.4) is 0 Å². The van der Waals surface area contributed by atoms with Gasteiger partial charge in [-0.05, 0) is 31.0 Å². The van der Waals surface area contributed by atoms with Gasteiger partial charge in [0, 0.05) is 35.2 Å². The number of amides is 1. The van der Waals surface area contributed by atoms with Crippen LogP contribution in [-0.2, 0) is 4.79 Å². The molecule has 2 heterocycles. The molecule has 0 saturated carbocycles. The van der Waals surface area contributed by atoms with Gasteiger partial charge in [-0.2, -0.15) is 0 Å². The topological polar surface area (TPSA) is 73.4 Å². The van der Waals surface area contributed by atoms with E-state index in [4.69, 9.17) is 5.11 Å². The molecule has 1 saturated heterocycles. The number of nitrogens with zero attached hydrogens (tertiary/aromatic N) is 1. The lowest BCUT2D eigenvalue weighted by molar-refractivity contribution is -0.137. The van der Waals surface area contributed by atoms with Crippen molar-refractivity contribution in [3.05, 3.63) is 36.0 Å². The lowest BCUT2D eigenvalue weighted by atomic mass is 10.1. The molecule has 1 aromatic heterocycles. The number of aromatic amines is 1. The van der Waals surface area contributed by atoms with E-state index in [0.29, 0.717) is 12.1 Å². The minimum absolute atomic E-state index is 0.0227. The van der Waals surface area contributed by atoms with Crippen molar-refractivity contribution in [1.29, 1.82) is 0 Å². The van der Waals surface area contributed by atoms with Gasteiger partial charge in [-0.25, -0.2) is 0 Å². The maximum Gasteiger partial charge on any atom is 0.305 e. The lowest BCUT2D eigenvalue weighted by Crippen LogP contribution is -2.36. The predicted octanol–water partition coefficient (Wildman–Crippen LogP) is 2.25. The van der Waals surface area contributed by atoms with Crippen molar-refractivity contribution in [2.24, 2.45) is 0 Å². The molecule has 1 aliphatic rings. The van der Waals surface area contributed by atoms with Crippen LogP contribution in [0.25, 0.3) is 10.9 Å². The van der Waals surface area contributed by atoms with E-state index in [2.05, 4.69) is 4.98 Å². The molecule has 1 aliphatic heterocycles. The molecule has 104 valence electrons. The van der Waals surface area contributed by atoms with Gasteiger partial charge in [-0.15, -0.1) is 0 Å². The van der Waals surface area contributed by atoms with E-state index >= 15 is 0 Å². The van der Waals surface area contributed by atoms with Crippen molar-refractivity contribution < 1.29 is 14.7 Å². The first-order chi connectivity index (χ1) is 9.66. The molecule has 0 bridgehead atoms. The number of likely N-dealkylation sites (tertiary alicyclic amines) is 1. The van der Waals surface area contributed by atoms with E-state index in [9.17, 15) is 9.59 Å². The number of carbonyl (C=O) groups excluding carboxylic acids is 1. The number of hydrogen-bond donors (Lipinski definition) is 2. The monoisotopic (exact) mass is 272 g/mol. The van der Waals surface area contributed by atoms with Gasteiger partial charge < -0.3 is 15.0 Å². The van der Waals surface area contributed by atoms with Crippen LogP contribution in [0.2, 0.25) is 0 Å². The molecule has 1 unspecified atom stereocenters. The van der Waals surface area contributed by atoms with Gasteiger partial charge in [0.05, 0.1) is 6.42 Å². The van der Waals surface area contributed by atoms with Crippen LogP contribution in [0.4, 0.5) is 0 Å². The molecule has 0 aliphatic carbocycles. The fraction of sp³-hybridized carbons (Fsp3) is 0.333. The van der Waals surface area contributed by atoms with Crippen LogP contribution in [-0.4, -0.2) is 39.5 Å². The van der Waals surface area contributed by atoms with Gasteiger partial charge >= 0.3 is 5.97 Å². The van der Waals surface area contributed by atoms with Crippen molar-refractivity contribution in [2.75, 3.05) is 6.54 Å². The summed E-state index contributed by atoms with van der Waals surface area (Å²) in [7, 11) is 0. The minimum atomic E-state index is -0.852. The summed E-state index contributed by atoms with van der Waals surface area (Å²) in [5.41, 5.74) is 1.56. The van der Waals surface area contributed by atoms with Gasteiger partial charge in [0.15, 0.2) is 0 Å². The number of H-pyrrole nitrogens is 1. The highest BCUT2D eigenvalue weighted by Crippen LogP contribution is 2.25. The normalized spacial score (nSPS) is 18.6. The summed E-state index contributed by atoms with van der Waals surface area (Å²) in [5.74, 6) is -0.923. The van der Waals surface area contributed by atoms with Crippen molar-refractivity contribution in [3.63, 3.8) is 0 Å². The molecule has 0 radical (unpaired) electrons. The highest BCUT2D eigenvalue weighted by Gasteiger charge is 2.31. The van der Waals surface area contributed by atoms with Crippen molar-refractivity contribution in [1.82, 2.24) is 9.88 Å². The number of aliphatic carboxylic acids is 1. The van der Waals surface area contributed by atoms with Gasteiger partial charge in [-0.1, -0.05) is 6.07 Å². The third-order valence-electron chi connectivity index (χ3n) is 3.87. The maximum absolute atomic E-state index is 12.7. The minimum Gasteiger partial charge on any atom is -0.481 e. The molecule has 0 spiro atoms. The Bertz CT molecular complexity index is 662. The summed E-state index contributed by atoms with van der Waals surface area (Å²) in [4.78, 5) is 28.3. The summed E-state index contributed by atoms with van der Waals surface area (Å²) in [6.45, 7) is 0.636. The smallest absolute Gasteiger partial charge is 0.305 e. The van der Waals surface area contributed by atoms with Crippen LogP contribution in [0.5, 0.6) is 0 Å². The fourth-order valence-corrected chi connectivity index (χ4v) is 2.94. The second-order valence-electron chi connectivity index (χ2n) is 5.14. The van der Waals surface area contributed by atoms with Crippen molar-refractivity contribution in [3.8, 4) is 0 Å². The number of nitrogens with one attached hydrogen (secondary N) is 1. The Labute approximate surface area is 116 Å². The molecular formula is C15H16N2O3. The van der Waals surface area contributed by atoms with Crippen LogP contribution < -0.4 is 0 Å². The average molecular weight is 272 g/mol. The standard InChI is InChI=1S/C15H16N2O3/c18-14(19)9-10-3-2-8-17(10)15(20)12-4-1-5-13-11(12)6-7-16-13/h1,4-7,10,16H,2-3,8-9H2,(H,18,19). The maximum atomic E-state index is 12.7. The van der Waals surface area contributed by atoms with Crippen LogP contribution in [0.1, 0.15) is 29.6 Å². The van der Waals surface area contributed by atoms with Gasteiger partial charge in [0.25, 0.3) is 5.91 Å². The quantitative estimate of drug-likeness (QED) is 0.900. The molecule has 1 atom stereocenters. The molecule has 20 heavy (non-hydrogen) atoms. The zero-order valence-electron chi connectivity index (χ0n) is 11.0. The van der Waals surface area contributed by atoms with Crippen LogP contribution in [0.15, 0.2) is 30.5 Å². The summed E-state index contributed by atoms with van der Waals surface area (Å²) in [6, 6.07) is 7.26. The molecule has 1 aromatic carbocycles. The molecule has 1 amide bonds. The first-order valence-electron chi connectivity index (χ1n) is 6.75. The van der Waals surface area contributed by atoms with E-state index in [-0.39, 0.29) is 18.4 Å². The van der Waals surface area contributed by atoms with E-state index in [1.54, 1.807) is 17.2 Å². The Morgan fingerprint density at radius 3 is 3.00 bits per heavy atom. The number of carbonyl (C=O) groups is 2. The number of carboxylic acids is 1. The van der Waals surface area contributed by atoms with Gasteiger partial charge in [0.2, 0.25) is 0 Å². The largest absolute Gasteiger partial charge is 0.481 e. The Hall–Kier alpha value is -2.30. The van der Waals surface area contributed by atoms with Gasteiger partial charge in [0.1, 0.15) is 0 Å². The van der Waals surface area contributed by atoms with Crippen LogP contribution >= 0.6 is 0 Å². The molecule has 1 fully saturated rings. The number of rotatable bonds is 3. The molecule has 5 nitrogen and oxygen atoms in total. The van der Waals surface area contributed by atoms with E-state index in [0.717, 1.165) is 23.7 Å². The average Bonchev–Trinajstić information content (AvgIpc) is 3.05. The Balaban J connectivity index is 1.92. The fourth-order valence-electron chi connectivity index (χ4n) is 2.94. The Morgan fingerprint density at radius 2 is 2.20 bits per heavy atom. The number of benzene rings is 1. The third kappa shape index (κ3) is 2.15. The van der Waals surface area contributed by atoms with Crippen molar-refractivity contribution >= 4 is 22.8 Å². The number of aromatic nitrogens is 1. The molecule has 5 heteroatoms. The first-order valence-corrected chi connectivity index (χ1v) is 6.75. The summed E-state index contributed by atoms with van der Waals surface area (Å²) in [6.07, 6.45) is 3.46. The third-order valence-corrected chi connectivity index (χ3v) is 3.87. The highest BCUT2D eigenvalue weighted by atomic mass is 16.4. The summed E-state index contributed by atoms with van der Waals surface area (Å²) >= 11 is 0. The lowest BCUT2D eigenvalue weighted by Gasteiger charge is -2.23. The van der Waals surface area contributed by atoms with E-state index < -0.39 is 5.97 Å². The zero-order chi connectivity index (χ0) is 14.1. The van der Waals surface area contributed by atoms with Gasteiger partial charge in [-0.3, -0.25) is 9.59 Å². The first kappa shape index (κ1) is 12.7. The number of hydrogen-bond acceptors (Lipinski definition) is 2. The SMILES string of the molecule is O=C(O)CC1CCCN1C(=O)c1cccc2[nH]ccc12. The summed E-state index contributed by atoms with van der Waals surface area (Å²) in [5, 5.41) is 9.83. The number of carboxylic acid groups (broad SMARTS) is 1. The second kappa shape index (κ2) is 5.00. The Morgan fingerprint density at radius 1 is 1.35 bits per heavy atom. The molecule has 2 aromatic rings. The predicted molar refractivity (Wildman–Crippen MR) is 74.6 cm³/mol. The molecule has 3 rings (SSSR count). The highest BCUT2D eigenvalue weighted by molar-refractivity contribution is 6.06. The van der Waals surface area contributed by atoms with Crippen molar-refractivity contribution in [2.45, 2.75) is 25.3 Å². The Kier molecular flexibility index (Phi) is 3.18.